The molecule has 0 spiro atoms. The quantitative estimate of drug-likeness (QED) is 0.101. The van der Waals surface area contributed by atoms with Crippen LogP contribution in [-0.4, -0.2) is 37.2 Å². The number of nitrogens with zero attached hydrogens (tertiary/aromatic N) is 2. The molecule has 4 aromatic rings. The minimum atomic E-state index is -0.633. The molecule has 0 radical (unpaired) electrons. The normalized spacial score (nSPS) is 11.1. The van der Waals surface area contributed by atoms with Crippen LogP contribution >= 0.6 is 0 Å². The topological polar surface area (TPSA) is 171 Å². The molecule has 3 N–H and O–H groups in total. The molecule has 2 aromatic heterocycles. The maximum atomic E-state index is 12.8. The van der Waals surface area contributed by atoms with E-state index in [1.54, 1.807) is 43.5 Å². The van der Waals surface area contributed by atoms with Crippen LogP contribution in [0.25, 0.3) is 12.2 Å². The third kappa shape index (κ3) is 11.4. The standard InChI is InChI=1S/C19H20N2O4.C15H11FN2O3/c1-14-3-5-16(6-4-14)21-19(22)15(12-20)11-17-7-8-18(25-17)13-24-10-9-23-2;16-11-1-3-12(4-2-11)18-15(20)10(8-17)7-13-5-6-14(9-19)21-13/h3-8,11H,9-10,13H2,1-2H3,(H,21,22);1-7,19H,9H2,(H,18,20)/b15-11+;10-7-. The van der Waals surface area contributed by atoms with Crippen molar-refractivity contribution in [3.05, 3.63) is 118 Å². The van der Waals surface area contributed by atoms with E-state index < -0.39 is 17.6 Å². The van der Waals surface area contributed by atoms with Crippen LogP contribution in [0.15, 0.2) is 92.8 Å². The fourth-order valence-corrected chi connectivity index (χ4v) is 3.57. The van der Waals surface area contributed by atoms with Gasteiger partial charge < -0.3 is 34.0 Å². The van der Waals surface area contributed by atoms with Gasteiger partial charge in [-0.25, -0.2) is 4.39 Å². The lowest BCUT2D eigenvalue weighted by Crippen LogP contribution is -2.13. The minimum Gasteiger partial charge on any atom is -0.459 e. The van der Waals surface area contributed by atoms with Gasteiger partial charge in [0.1, 0.15) is 65.4 Å². The van der Waals surface area contributed by atoms with E-state index in [2.05, 4.69) is 10.6 Å². The van der Waals surface area contributed by atoms with Crippen LogP contribution in [0.5, 0.6) is 0 Å². The summed E-state index contributed by atoms with van der Waals surface area (Å²) < 4.78 is 33.7. The highest BCUT2D eigenvalue weighted by molar-refractivity contribution is 6.10. The van der Waals surface area contributed by atoms with Gasteiger partial charge in [-0.2, -0.15) is 10.5 Å². The number of methoxy groups -OCH3 is 1. The van der Waals surface area contributed by atoms with Gasteiger partial charge in [-0.05, 0) is 67.6 Å². The molecule has 0 aliphatic carbocycles. The zero-order chi connectivity index (χ0) is 33.3. The number of amides is 2. The zero-order valence-electron chi connectivity index (χ0n) is 25.1. The Morgan fingerprint density at radius 3 is 1.78 bits per heavy atom. The molecule has 4 rings (SSSR count). The molecular formula is C34H31FN4O7. The second-order valence-electron chi connectivity index (χ2n) is 9.43. The number of hydrogen-bond acceptors (Lipinski definition) is 9. The molecule has 46 heavy (non-hydrogen) atoms. The van der Waals surface area contributed by atoms with Gasteiger partial charge >= 0.3 is 0 Å². The molecule has 2 aromatic carbocycles. The molecule has 11 nitrogen and oxygen atoms in total. The van der Waals surface area contributed by atoms with Crippen LogP contribution < -0.4 is 10.6 Å². The van der Waals surface area contributed by atoms with Crippen molar-refractivity contribution in [2.24, 2.45) is 0 Å². The number of hydrogen-bond donors (Lipinski definition) is 3. The van der Waals surface area contributed by atoms with Crippen molar-refractivity contribution in [3.8, 4) is 12.1 Å². The molecule has 236 valence electrons. The number of rotatable bonds is 12. The molecule has 0 unspecified atom stereocenters. The highest BCUT2D eigenvalue weighted by Gasteiger charge is 2.12. The van der Waals surface area contributed by atoms with Crippen molar-refractivity contribution in [2.45, 2.75) is 20.1 Å². The van der Waals surface area contributed by atoms with Gasteiger partial charge in [0.2, 0.25) is 0 Å². The van der Waals surface area contributed by atoms with Gasteiger partial charge in [-0.3, -0.25) is 9.59 Å². The summed E-state index contributed by atoms with van der Waals surface area (Å²) in [5.41, 5.74) is 1.88. The number of aliphatic hydroxyl groups is 1. The number of nitrogens with one attached hydrogen (secondary N) is 2. The molecule has 2 heterocycles. The molecule has 12 heteroatoms. The third-order valence-corrected chi connectivity index (χ3v) is 5.91. The van der Waals surface area contributed by atoms with Crippen LogP contribution in [-0.2, 0) is 32.3 Å². The first kappa shape index (κ1) is 34.7. The summed E-state index contributed by atoms with van der Waals surface area (Å²) in [6, 6.07) is 22.7. The van der Waals surface area contributed by atoms with Gasteiger partial charge in [0, 0.05) is 30.6 Å². The number of carbonyl (C=O) groups excluding carboxylic acids is 2. The second kappa shape index (κ2) is 18.1. The number of nitriles is 2. The van der Waals surface area contributed by atoms with Crippen molar-refractivity contribution in [2.75, 3.05) is 31.0 Å². The Labute approximate surface area is 264 Å². The highest BCUT2D eigenvalue weighted by Crippen LogP contribution is 2.16. The summed E-state index contributed by atoms with van der Waals surface area (Å²) in [4.78, 5) is 24.1. The summed E-state index contributed by atoms with van der Waals surface area (Å²) in [6.07, 6.45) is 2.67. The lowest BCUT2D eigenvalue weighted by molar-refractivity contribution is -0.113. The first-order chi connectivity index (χ1) is 22.2. The number of anilines is 2. The summed E-state index contributed by atoms with van der Waals surface area (Å²) in [5, 5.41) is 32.3. The molecule has 0 aliphatic rings. The van der Waals surface area contributed by atoms with E-state index in [4.69, 9.17) is 28.7 Å². The fraction of sp³-hybridized carbons (Fsp3) is 0.176. The van der Waals surface area contributed by atoms with Crippen LogP contribution in [0.3, 0.4) is 0 Å². The van der Waals surface area contributed by atoms with Crippen molar-refractivity contribution < 1.29 is 37.4 Å². The van der Waals surface area contributed by atoms with E-state index >= 15 is 0 Å². The lowest BCUT2D eigenvalue weighted by atomic mass is 10.2. The van der Waals surface area contributed by atoms with Crippen LogP contribution in [0, 0.1) is 35.4 Å². The van der Waals surface area contributed by atoms with Gasteiger partial charge in [0.25, 0.3) is 11.8 Å². The van der Waals surface area contributed by atoms with Gasteiger partial charge in [-0.1, -0.05) is 17.7 Å². The predicted molar refractivity (Wildman–Crippen MR) is 167 cm³/mol. The Kier molecular flexibility index (Phi) is 13.7. The molecular weight excluding hydrogens is 595 g/mol. The molecule has 0 saturated carbocycles. The number of ether oxygens (including phenoxy) is 2. The average molecular weight is 627 g/mol. The predicted octanol–water partition coefficient (Wildman–Crippen LogP) is 5.75. The monoisotopic (exact) mass is 626 g/mol. The molecule has 2 amide bonds. The van der Waals surface area contributed by atoms with Gasteiger partial charge in [0.15, 0.2) is 0 Å². The Bertz CT molecular complexity index is 1740. The highest BCUT2D eigenvalue weighted by atomic mass is 19.1. The maximum absolute atomic E-state index is 12.8. The Morgan fingerprint density at radius 1 is 0.804 bits per heavy atom. The first-order valence-electron chi connectivity index (χ1n) is 13.8. The summed E-state index contributed by atoms with van der Waals surface area (Å²) in [5.74, 6) is 0.102. The summed E-state index contributed by atoms with van der Waals surface area (Å²) in [7, 11) is 1.60. The van der Waals surface area contributed by atoms with E-state index in [9.17, 15) is 19.2 Å². The lowest BCUT2D eigenvalue weighted by Gasteiger charge is -2.04. The summed E-state index contributed by atoms with van der Waals surface area (Å²) >= 11 is 0. The van der Waals surface area contributed by atoms with Crippen LogP contribution in [0.2, 0.25) is 0 Å². The third-order valence-electron chi connectivity index (χ3n) is 5.91. The first-order valence-corrected chi connectivity index (χ1v) is 13.8. The van der Waals surface area contributed by atoms with E-state index in [1.165, 1.54) is 42.5 Å². The number of furan rings is 2. The van der Waals surface area contributed by atoms with Crippen LogP contribution in [0.1, 0.15) is 28.6 Å². The van der Waals surface area contributed by atoms with Crippen molar-refractivity contribution >= 4 is 35.3 Å². The van der Waals surface area contributed by atoms with Crippen LogP contribution in [0.4, 0.5) is 15.8 Å². The van der Waals surface area contributed by atoms with E-state index in [1.807, 2.05) is 25.1 Å². The average Bonchev–Trinajstić information content (AvgIpc) is 3.72. The van der Waals surface area contributed by atoms with E-state index in [0.29, 0.717) is 48.5 Å². The number of carbonyl (C=O) groups is 2. The smallest absolute Gasteiger partial charge is 0.266 e. The molecule has 0 atom stereocenters. The maximum Gasteiger partial charge on any atom is 0.266 e. The minimum absolute atomic E-state index is 0.0400. The Hall–Kier alpha value is -5.79. The van der Waals surface area contributed by atoms with Crippen molar-refractivity contribution in [3.63, 3.8) is 0 Å². The Morgan fingerprint density at radius 2 is 1.30 bits per heavy atom. The largest absolute Gasteiger partial charge is 0.459 e. The van der Waals surface area contributed by atoms with E-state index in [-0.39, 0.29) is 23.5 Å². The zero-order valence-corrected chi connectivity index (χ0v) is 25.1. The number of aliphatic hydroxyl groups excluding tert-OH is 1. The number of benzene rings is 2. The van der Waals surface area contributed by atoms with Gasteiger partial charge in [0.05, 0.1) is 13.2 Å². The van der Waals surface area contributed by atoms with Gasteiger partial charge in [-0.15, -0.1) is 0 Å². The van der Waals surface area contributed by atoms with Crippen molar-refractivity contribution in [1.82, 2.24) is 0 Å². The second-order valence-corrected chi connectivity index (χ2v) is 9.43. The number of halogens is 1. The molecule has 0 aliphatic heterocycles. The number of aryl methyl sites for hydroxylation is 1. The fourth-order valence-electron chi connectivity index (χ4n) is 3.57. The molecule has 0 bridgehead atoms. The molecule has 0 fully saturated rings. The van der Waals surface area contributed by atoms with E-state index in [0.717, 1.165) is 5.56 Å². The SMILES string of the molecule is COCCOCc1ccc(/C=C(\C#N)C(=O)Nc2ccc(C)cc2)o1.N#C/C(=C/c1ccc(CO)o1)C(=O)Nc1ccc(F)cc1. The molecule has 0 saturated heterocycles. The Balaban J connectivity index is 0.000000254. The van der Waals surface area contributed by atoms with Crippen molar-refractivity contribution in [1.29, 1.82) is 10.5 Å². The summed E-state index contributed by atoms with van der Waals surface area (Å²) in [6.45, 7) is 2.96.